The van der Waals surface area contributed by atoms with Gasteiger partial charge in [0, 0.05) is 11.3 Å². The van der Waals surface area contributed by atoms with Gasteiger partial charge in [-0.3, -0.25) is 14.5 Å². The van der Waals surface area contributed by atoms with Crippen molar-refractivity contribution in [2.24, 2.45) is 0 Å². The highest BCUT2D eigenvalue weighted by Crippen LogP contribution is 2.47. The fourth-order valence-corrected chi connectivity index (χ4v) is 4.25. The zero-order valence-corrected chi connectivity index (χ0v) is 20.3. The van der Waals surface area contributed by atoms with Crippen LogP contribution >= 0.6 is 0 Å². The van der Waals surface area contributed by atoms with Gasteiger partial charge in [-0.1, -0.05) is 47.5 Å². The Kier molecular flexibility index (Phi) is 6.51. The fourth-order valence-electron chi connectivity index (χ4n) is 4.25. The van der Waals surface area contributed by atoms with Crippen molar-refractivity contribution < 1.29 is 28.9 Å². The number of methoxy groups -OCH3 is 3. The van der Waals surface area contributed by atoms with Gasteiger partial charge in [-0.2, -0.15) is 0 Å². The molecule has 0 aliphatic carbocycles. The van der Waals surface area contributed by atoms with Crippen molar-refractivity contribution in [2.75, 3.05) is 26.2 Å². The van der Waals surface area contributed by atoms with Crippen LogP contribution in [0, 0.1) is 13.8 Å². The molecule has 0 aromatic heterocycles. The lowest BCUT2D eigenvalue weighted by Crippen LogP contribution is -2.29. The smallest absolute Gasteiger partial charge is 0.300 e. The summed E-state index contributed by atoms with van der Waals surface area (Å²) in [7, 11) is 4.48. The number of ketones is 1. The molecule has 1 aliphatic heterocycles. The largest absolute Gasteiger partial charge is 0.507 e. The van der Waals surface area contributed by atoms with Gasteiger partial charge in [0.05, 0.1) is 32.9 Å². The minimum Gasteiger partial charge on any atom is -0.507 e. The van der Waals surface area contributed by atoms with E-state index in [1.807, 2.05) is 38.1 Å². The van der Waals surface area contributed by atoms with E-state index in [2.05, 4.69) is 0 Å². The van der Waals surface area contributed by atoms with Gasteiger partial charge in [0.2, 0.25) is 5.75 Å². The molecule has 7 nitrogen and oxygen atoms in total. The summed E-state index contributed by atoms with van der Waals surface area (Å²) in [5.41, 5.74) is 3.48. The van der Waals surface area contributed by atoms with E-state index in [0.29, 0.717) is 34.1 Å². The predicted octanol–water partition coefficient (Wildman–Crippen LogP) is 4.96. The number of ether oxygens (including phenoxy) is 3. The summed E-state index contributed by atoms with van der Waals surface area (Å²) in [5, 5.41) is 11.3. The van der Waals surface area contributed by atoms with Crippen molar-refractivity contribution in [1.29, 1.82) is 0 Å². The van der Waals surface area contributed by atoms with Crippen LogP contribution in [0.3, 0.4) is 0 Å². The second-order valence-corrected chi connectivity index (χ2v) is 8.33. The first kappa shape index (κ1) is 23.9. The maximum atomic E-state index is 13.4. The molecule has 1 N–H and O–H groups in total. The van der Waals surface area contributed by atoms with Crippen LogP contribution in [0.1, 0.15) is 28.3 Å². The van der Waals surface area contributed by atoms with E-state index in [0.717, 1.165) is 11.1 Å². The zero-order chi connectivity index (χ0) is 25.3. The number of rotatable bonds is 6. The Balaban J connectivity index is 2.00. The van der Waals surface area contributed by atoms with Crippen LogP contribution in [-0.2, 0) is 9.59 Å². The first-order valence-electron chi connectivity index (χ1n) is 11.0. The molecule has 0 bridgehead atoms. The summed E-state index contributed by atoms with van der Waals surface area (Å²) in [6.07, 6.45) is 0. The number of nitrogens with zero attached hydrogens (tertiary/aromatic N) is 1. The summed E-state index contributed by atoms with van der Waals surface area (Å²) in [5.74, 6) is -0.650. The standard InChI is InChI=1S/C28H27NO6/c1-16-6-10-18(11-7-16)25(30)23-24(19-14-21(33-3)27(35-5)22(15-19)34-4)29(28(32)26(23)31)20-12-8-17(2)9-13-20/h6-15,24,30H,1-5H3/b25-23+. The van der Waals surface area contributed by atoms with E-state index in [-0.39, 0.29) is 11.3 Å². The minimum absolute atomic E-state index is 0.0197. The molecule has 1 unspecified atom stereocenters. The second-order valence-electron chi connectivity index (χ2n) is 8.33. The molecule has 1 heterocycles. The Morgan fingerprint density at radius 1 is 0.800 bits per heavy atom. The van der Waals surface area contributed by atoms with Gasteiger partial charge < -0.3 is 19.3 Å². The van der Waals surface area contributed by atoms with Crippen LogP contribution in [0.25, 0.3) is 5.76 Å². The van der Waals surface area contributed by atoms with E-state index < -0.39 is 17.7 Å². The lowest BCUT2D eigenvalue weighted by Gasteiger charge is -2.26. The van der Waals surface area contributed by atoms with Gasteiger partial charge in [-0.15, -0.1) is 0 Å². The van der Waals surface area contributed by atoms with E-state index in [1.54, 1.807) is 36.4 Å². The molecule has 180 valence electrons. The minimum atomic E-state index is -0.923. The lowest BCUT2D eigenvalue weighted by molar-refractivity contribution is -0.132. The Labute approximate surface area is 204 Å². The molecule has 35 heavy (non-hydrogen) atoms. The second kappa shape index (κ2) is 9.54. The number of amides is 1. The molecule has 1 saturated heterocycles. The normalized spacial score (nSPS) is 16.9. The number of aryl methyl sites for hydroxylation is 2. The van der Waals surface area contributed by atoms with Gasteiger partial charge >= 0.3 is 0 Å². The first-order valence-corrected chi connectivity index (χ1v) is 11.0. The average molecular weight is 474 g/mol. The van der Waals surface area contributed by atoms with E-state index in [1.165, 1.54) is 26.2 Å². The molecule has 0 spiro atoms. The summed E-state index contributed by atoms with van der Waals surface area (Å²) in [6.45, 7) is 3.86. The van der Waals surface area contributed by atoms with Crippen LogP contribution in [-0.4, -0.2) is 38.1 Å². The maximum absolute atomic E-state index is 13.4. The molecule has 1 aliphatic rings. The molecule has 3 aromatic rings. The van der Waals surface area contributed by atoms with Crippen LogP contribution in [0.2, 0.25) is 0 Å². The molecule has 4 rings (SSSR count). The summed E-state index contributed by atoms with van der Waals surface area (Å²) in [6, 6.07) is 16.8. The number of hydrogen-bond donors (Lipinski definition) is 1. The number of carbonyl (C=O) groups excluding carboxylic acids is 2. The SMILES string of the molecule is COc1cc(C2/C(=C(\O)c3ccc(C)cc3)C(=O)C(=O)N2c2ccc(C)cc2)cc(OC)c1OC. The molecule has 0 saturated carbocycles. The predicted molar refractivity (Wildman–Crippen MR) is 133 cm³/mol. The summed E-state index contributed by atoms with van der Waals surface area (Å²) < 4.78 is 16.5. The number of aliphatic hydroxyl groups is 1. The van der Waals surface area contributed by atoms with Crippen LogP contribution in [0.4, 0.5) is 5.69 Å². The Morgan fingerprint density at radius 3 is 1.80 bits per heavy atom. The third-order valence-electron chi connectivity index (χ3n) is 6.08. The number of anilines is 1. The van der Waals surface area contributed by atoms with Gasteiger partial charge in [0.15, 0.2) is 11.5 Å². The lowest BCUT2D eigenvalue weighted by atomic mass is 9.94. The van der Waals surface area contributed by atoms with Crippen molar-refractivity contribution >= 4 is 23.1 Å². The highest BCUT2D eigenvalue weighted by Gasteiger charge is 2.47. The van der Waals surface area contributed by atoms with Crippen molar-refractivity contribution in [1.82, 2.24) is 0 Å². The monoisotopic (exact) mass is 473 g/mol. The highest BCUT2D eigenvalue weighted by molar-refractivity contribution is 6.51. The fraction of sp³-hybridized carbons (Fsp3) is 0.214. The molecule has 1 amide bonds. The molecular formula is C28H27NO6. The van der Waals surface area contributed by atoms with E-state index in [9.17, 15) is 14.7 Å². The number of hydrogen-bond acceptors (Lipinski definition) is 6. The first-order chi connectivity index (χ1) is 16.8. The molecule has 3 aromatic carbocycles. The topological polar surface area (TPSA) is 85.3 Å². The Morgan fingerprint density at radius 2 is 1.31 bits per heavy atom. The van der Waals surface area contributed by atoms with Crippen molar-refractivity contribution in [3.8, 4) is 17.2 Å². The average Bonchev–Trinajstić information content (AvgIpc) is 3.13. The van der Waals surface area contributed by atoms with Gasteiger partial charge in [-0.05, 0) is 43.7 Å². The number of benzene rings is 3. The van der Waals surface area contributed by atoms with Crippen molar-refractivity contribution in [2.45, 2.75) is 19.9 Å². The quantitative estimate of drug-likeness (QED) is 0.310. The number of carbonyl (C=O) groups is 2. The third-order valence-corrected chi connectivity index (χ3v) is 6.08. The summed E-state index contributed by atoms with van der Waals surface area (Å²) in [4.78, 5) is 28.1. The molecule has 7 heteroatoms. The Bertz CT molecular complexity index is 1280. The van der Waals surface area contributed by atoms with Crippen molar-refractivity contribution in [3.05, 3.63) is 88.5 Å². The molecule has 1 atom stereocenters. The zero-order valence-electron chi connectivity index (χ0n) is 20.3. The maximum Gasteiger partial charge on any atom is 0.300 e. The van der Waals surface area contributed by atoms with Gasteiger partial charge in [0.1, 0.15) is 5.76 Å². The van der Waals surface area contributed by atoms with Crippen LogP contribution in [0.5, 0.6) is 17.2 Å². The van der Waals surface area contributed by atoms with Crippen LogP contribution < -0.4 is 19.1 Å². The van der Waals surface area contributed by atoms with Crippen LogP contribution in [0.15, 0.2) is 66.2 Å². The number of aliphatic hydroxyl groups excluding tert-OH is 1. The summed E-state index contributed by atoms with van der Waals surface area (Å²) >= 11 is 0. The van der Waals surface area contributed by atoms with Gasteiger partial charge in [-0.25, -0.2) is 0 Å². The third kappa shape index (κ3) is 4.21. The molecule has 1 fully saturated rings. The number of Topliss-reactive ketones (excluding diaryl/α,β-unsaturated/α-hetero) is 1. The van der Waals surface area contributed by atoms with E-state index >= 15 is 0 Å². The highest BCUT2D eigenvalue weighted by atomic mass is 16.5. The Hall–Kier alpha value is -4.26. The van der Waals surface area contributed by atoms with Crippen molar-refractivity contribution in [3.63, 3.8) is 0 Å². The van der Waals surface area contributed by atoms with Gasteiger partial charge in [0.25, 0.3) is 11.7 Å². The molecular weight excluding hydrogens is 446 g/mol. The molecule has 0 radical (unpaired) electrons. The van der Waals surface area contributed by atoms with E-state index in [4.69, 9.17) is 14.2 Å².